The standard InChI is InChI=1S/C18H16ClN5O2/c1-25-16-8-5-12(9-17(16)26-2)14-10-15(11-3-6-13(19)7-4-11)24-18(20-14)21-22-23-24/h3-10,15H,1-2H3,(H,20,21,23). The number of ether oxygens (including phenoxy) is 2. The number of benzene rings is 2. The number of rotatable bonds is 4. The molecule has 2 heterocycles. The van der Waals surface area contributed by atoms with Gasteiger partial charge in [0.25, 0.3) is 0 Å². The number of halogens is 1. The molecule has 0 radical (unpaired) electrons. The molecular formula is C18H16ClN5O2. The third-order valence-electron chi connectivity index (χ3n) is 4.23. The van der Waals surface area contributed by atoms with Crippen LogP contribution in [0.4, 0.5) is 5.95 Å². The van der Waals surface area contributed by atoms with E-state index in [1.807, 2.05) is 42.5 Å². The molecule has 8 heteroatoms. The quantitative estimate of drug-likeness (QED) is 0.759. The molecule has 1 aliphatic heterocycles. The van der Waals surface area contributed by atoms with Crippen LogP contribution in [0.25, 0.3) is 5.70 Å². The summed E-state index contributed by atoms with van der Waals surface area (Å²) in [6.45, 7) is 0. The number of tetrazole rings is 1. The number of fused-ring (bicyclic) bond motifs is 1. The maximum absolute atomic E-state index is 6.02. The van der Waals surface area contributed by atoms with Gasteiger partial charge >= 0.3 is 0 Å². The summed E-state index contributed by atoms with van der Waals surface area (Å²) in [6, 6.07) is 13.2. The van der Waals surface area contributed by atoms with Gasteiger partial charge in [0.05, 0.1) is 14.2 Å². The van der Waals surface area contributed by atoms with Gasteiger partial charge in [-0.1, -0.05) is 28.8 Å². The first-order valence-corrected chi connectivity index (χ1v) is 8.32. The van der Waals surface area contributed by atoms with Crippen molar-refractivity contribution in [3.8, 4) is 11.5 Å². The van der Waals surface area contributed by atoms with Gasteiger partial charge < -0.3 is 14.8 Å². The van der Waals surface area contributed by atoms with Gasteiger partial charge in [0.1, 0.15) is 6.04 Å². The summed E-state index contributed by atoms with van der Waals surface area (Å²) < 4.78 is 12.4. The minimum atomic E-state index is -0.151. The molecule has 1 aliphatic rings. The zero-order chi connectivity index (χ0) is 18.1. The van der Waals surface area contributed by atoms with Crippen LogP contribution >= 0.6 is 11.6 Å². The lowest BCUT2D eigenvalue weighted by molar-refractivity contribution is 0.355. The van der Waals surface area contributed by atoms with E-state index in [1.54, 1.807) is 18.9 Å². The van der Waals surface area contributed by atoms with Crippen LogP contribution in [0.3, 0.4) is 0 Å². The van der Waals surface area contributed by atoms with Crippen molar-refractivity contribution < 1.29 is 9.47 Å². The Morgan fingerprint density at radius 2 is 1.81 bits per heavy atom. The van der Waals surface area contributed by atoms with Crippen LogP contribution in [0.5, 0.6) is 11.5 Å². The van der Waals surface area contributed by atoms with Crippen molar-refractivity contribution in [3.63, 3.8) is 0 Å². The number of anilines is 1. The van der Waals surface area contributed by atoms with Crippen LogP contribution in [0, 0.1) is 0 Å². The highest BCUT2D eigenvalue weighted by Gasteiger charge is 2.24. The van der Waals surface area contributed by atoms with Crippen LogP contribution in [-0.2, 0) is 0 Å². The molecule has 132 valence electrons. The number of nitrogens with one attached hydrogen (secondary N) is 1. The van der Waals surface area contributed by atoms with E-state index in [9.17, 15) is 0 Å². The average Bonchev–Trinajstić information content (AvgIpc) is 3.16. The highest BCUT2D eigenvalue weighted by atomic mass is 35.5. The highest BCUT2D eigenvalue weighted by Crippen LogP contribution is 2.35. The average molecular weight is 370 g/mol. The molecule has 3 aromatic rings. The number of hydrogen-bond acceptors (Lipinski definition) is 6. The van der Waals surface area contributed by atoms with Crippen LogP contribution in [-0.4, -0.2) is 34.4 Å². The third-order valence-corrected chi connectivity index (χ3v) is 4.49. The highest BCUT2D eigenvalue weighted by molar-refractivity contribution is 6.30. The molecule has 1 aromatic heterocycles. The summed E-state index contributed by atoms with van der Waals surface area (Å²) in [4.78, 5) is 0. The van der Waals surface area contributed by atoms with E-state index in [2.05, 4.69) is 26.9 Å². The van der Waals surface area contributed by atoms with Gasteiger partial charge in [0, 0.05) is 16.3 Å². The van der Waals surface area contributed by atoms with Crippen LogP contribution < -0.4 is 14.8 Å². The Morgan fingerprint density at radius 3 is 2.54 bits per heavy atom. The molecule has 0 bridgehead atoms. The molecule has 1 unspecified atom stereocenters. The second-order valence-electron chi connectivity index (χ2n) is 5.72. The SMILES string of the molecule is COc1ccc(C2=CC(c3ccc(Cl)cc3)n3nnnc3N2)cc1OC. The van der Waals surface area contributed by atoms with Crippen LogP contribution in [0.2, 0.25) is 5.02 Å². The summed E-state index contributed by atoms with van der Waals surface area (Å²) in [5.74, 6) is 1.89. The van der Waals surface area contributed by atoms with Gasteiger partial charge in [0.2, 0.25) is 5.95 Å². The first-order valence-electron chi connectivity index (χ1n) is 7.94. The molecule has 0 amide bonds. The molecule has 1 atom stereocenters. The largest absolute Gasteiger partial charge is 0.493 e. The molecule has 0 aliphatic carbocycles. The lowest BCUT2D eigenvalue weighted by Gasteiger charge is -2.24. The van der Waals surface area contributed by atoms with Crippen molar-refractivity contribution >= 4 is 23.2 Å². The predicted octanol–water partition coefficient (Wildman–Crippen LogP) is 3.40. The van der Waals surface area contributed by atoms with E-state index in [0.29, 0.717) is 22.5 Å². The second kappa shape index (κ2) is 6.68. The number of aromatic nitrogens is 4. The van der Waals surface area contributed by atoms with Gasteiger partial charge in [-0.2, -0.15) is 4.68 Å². The smallest absolute Gasteiger partial charge is 0.248 e. The lowest BCUT2D eigenvalue weighted by Crippen LogP contribution is -2.20. The fourth-order valence-corrected chi connectivity index (χ4v) is 3.05. The van der Waals surface area contributed by atoms with E-state index in [1.165, 1.54) is 0 Å². The molecule has 1 N–H and O–H groups in total. The minimum absolute atomic E-state index is 0.151. The Hall–Kier alpha value is -3.06. The molecule has 0 saturated heterocycles. The fourth-order valence-electron chi connectivity index (χ4n) is 2.92. The normalized spacial score (nSPS) is 15.7. The van der Waals surface area contributed by atoms with Gasteiger partial charge in [-0.25, -0.2) is 0 Å². The van der Waals surface area contributed by atoms with Crippen molar-refractivity contribution in [2.24, 2.45) is 0 Å². The maximum Gasteiger partial charge on any atom is 0.248 e. The van der Waals surface area contributed by atoms with E-state index >= 15 is 0 Å². The zero-order valence-corrected chi connectivity index (χ0v) is 14.9. The number of hydrogen-bond donors (Lipinski definition) is 1. The first kappa shape index (κ1) is 16.4. The van der Waals surface area contributed by atoms with Crippen LogP contribution in [0.1, 0.15) is 17.2 Å². The van der Waals surface area contributed by atoms with Gasteiger partial charge in [0.15, 0.2) is 11.5 Å². The van der Waals surface area contributed by atoms with E-state index in [-0.39, 0.29) is 6.04 Å². The Morgan fingerprint density at radius 1 is 1.04 bits per heavy atom. The minimum Gasteiger partial charge on any atom is -0.493 e. The van der Waals surface area contributed by atoms with Crippen molar-refractivity contribution in [2.45, 2.75) is 6.04 Å². The summed E-state index contributed by atoms with van der Waals surface area (Å²) in [5.41, 5.74) is 2.85. The van der Waals surface area contributed by atoms with Crippen molar-refractivity contribution in [1.82, 2.24) is 20.2 Å². The zero-order valence-electron chi connectivity index (χ0n) is 14.2. The fraction of sp³-hybridized carbons (Fsp3) is 0.167. The monoisotopic (exact) mass is 369 g/mol. The second-order valence-corrected chi connectivity index (χ2v) is 6.15. The Labute approximate surface area is 155 Å². The Balaban J connectivity index is 1.78. The summed E-state index contributed by atoms with van der Waals surface area (Å²) >= 11 is 6.02. The summed E-state index contributed by atoms with van der Waals surface area (Å²) in [6.07, 6.45) is 2.06. The van der Waals surface area contributed by atoms with Crippen molar-refractivity contribution in [1.29, 1.82) is 0 Å². The molecule has 0 saturated carbocycles. The maximum atomic E-state index is 6.02. The molecule has 0 fully saturated rings. The van der Waals surface area contributed by atoms with Gasteiger partial charge in [-0.05, 0) is 52.4 Å². The van der Waals surface area contributed by atoms with E-state index in [0.717, 1.165) is 16.8 Å². The molecule has 4 rings (SSSR count). The number of allylic oxidation sites excluding steroid dienone is 1. The van der Waals surface area contributed by atoms with Crippen LogP contribution in [0.15, 0.2) is 48.5 Å². The van der Waals surface area contributed by atoms with Gasteiger partial charge in [-0.15, -0.1) is 0 Å². The topological polar surface area (TPSA) is 74.1 Å². The van der Waals surface area contributed by atoms with Crippen molar-refractivity contribution in [3.05, 3.63) is 64.7 Å². The summed E-state index contributed by atoms with van der Waals surface area (Å²) in [5, 5.41) is 15.9. The number of methoxy groups -OCH3 is 2. The summed E-state index contributed by atoms with van der Waals surface area (Å²) in [7, 11) is 3.22. The number of nitrogens with zero attached hydrogens (tertiary/aromatic N) is 4. The third kappa shape index (κ3) is 2.86. The lowest BCUT2D eigenvalue weighted by atomic mass is 10.0. The van der Waals surface area contributed by atoms with Crippen molar-refractivity contribution in [2.75, 3.05) is 19.5 Å². The Kier molecular flexibility index (Phi) is 4.22. The molecule has 7 nitrogen and oxygen atoms in total. The predicted molar refractivity (Wildman–Crippen MR) is 98.6 cm³/mol. The molecular weight excluding hydrogens is 354 g/mol. The first-order chi connectivity index (χ1) is 12.7. The van der Waals surface area contributed by atoms with Gasteiger partial charge in [-0.3, -0.25) is 0 Å². The molecule has 26 heavy (non-hydrogen) atoms. The van der Waals surface area contributed by atoms with E-state index < -0.39 is 0 Å². The van der Waals surface area contributed by atoms with E-state index in [4.69, 9.17) is 21.1 Å². The molecule has 0 spiro atoms. The molecule has 2 aromatic carbocycles. The Bertz CT molecular complexity index is 968.